The Kier molecular flexibility index (Phi) is 6.84. The Morgan fingerprint density at radius 1 is 1.00 bits per heavy atom. The van der Waals surface area contributed by atoms with Crippen molar-refractivity contribution in [1.82, 2.24) is 9.97 Å². The third-order valence-electron chi connectivity index (χ3n) is 5.05. The number of carbonyl (C=O) groups is 1. The van der Waals surface area contributed by atoms with Crippen LogP contribution in [0.4, 0.5) is 17.2 Å². The molecular formula is C25H17BrN4O3S2. The first-order valence-corrected chi connectivity index (χ1v) is 13.4. The lowest BCUT2D eigenvalue weighted by Gasteiger charge is -2.11. The van der Waals surface area contributed by atoms with E-state index in [1.54, 1.807) is 18.2 Å². The van der Waals surface area contributed by atoms with Crippen molar-refractivity contribution in [1.29, 1.82) is 0 Å². The molecule has 0 atom stereocenters. The summed E-state index contributed by atoms with van der Waals surface area (Å²) >= 11 is 3.47. The molecule has 0 fully saturated rings. The van der Waals surface area contributed by atoms with Crippen LogP contribution >= 0.6 is 36.6 Å². The van der Waals surface area contributed by atoms with Crippen LogP contribution in [0.5, 0.6) is 5.75 Å². The molecule has 5 aromatic rings. The second-order valence-electron chi connectivity index (χ2n) is 7.45. The molecule has 0 unspecified atom stereocenters. The molecule has 1 amide bonds. The van der Waals surface area contributed by atoms with Crippen molar-refractivity contribution < 1.29 is 9.53 Å². The van der Waals surface area contributed by atoms with Gasteiger partial charge in [-0.05, 0) is 64.4 Å². The predicted molar refractivity (Wildman–Crippen MR) is 145 cm³/mol. The molecule has 2 heterocycles. The van der Waals surface area contributed by atoms with Gasteiger partial charge < -0.3 is 15.4 Å². The van der Waals surface area contributed by atoms with Gasteiger partial charge in [-0.1, -0.05) is 44.5 Å². The van der Waals surface area contributed by atoms with E-state index in [0.717, 1.165) is 26.6 Å². The molecule has 174 valence electrons. The van der Waals surface area contributed by atoms with Gasteiger partial charge in [-0.3, -0.25) is 9.59 Å². The monoisotopic (exact) mass is 564 g/mol. The van der Waals surface area contributed by atoms with E-state index in [4.69, 9.17) is 4.74 Å². The zero-order valence-electron chi connectivity index (χ0n) is 18.0. The second kappa shape index (κ2) is 10.3. The SMILES string of the molecule is O=C(COc1ccc(-c2cssc2=O)cc1)Nc1ccc2ncnc(Nc3cccc(Br)c3)c2c1. The summed E-state index contributed by atoms with van der Waals surface area (Å²) in [6, 6.07) is 20.3. The van der Waals surface area contributed by atoms with E-state index in [2.05, 4.69) is 36.5 Å². The van der Waals surface area contributed by atoms with E-state index < -0.39 is 0 Å². The van der Waals surface area contributed by atoms with Gasteiger partial charge in [0.25, 0.3) is 10.6 Å². The highest BCUT2D eigenvalue weighted by Gasteiger charge is 2.10. The van der Waals surface area contributed by atoms with Crippen molar-refractivity contribution in [3.63, 3.8) is 0 Å². The number of benzene rings is 3. The van der Waals surface area contributed by atoms with E-state index in [-0.39, 0.29) is 17.3 Å². The van der Waals surface area contributed by atoms with Crippen molar-refractivity contribution in [2.75, 3.05) is 17.2 Å². The molecule has 2 N–H and O–H groups in total. The fourth-order valence-electron chi connectivity index (χ4n) is 3.41. The Bertz CT molecular complexity index is 1570. The molecule has 0 saturated heterocycles. The van der Waals surface area contributed by atoms with Gasteiger partial charge in [0, 0.05) is 26.6 Å². The van der Waals surface area contributed by atoms with Crippen molar-refractivity contribution >= 4 is 70.6 Å². The van der Waals surface area contributed by atoms with Gasteiger partial charge in [-0.15, -0.1) is 0 Å². The van der Waals surface area contributed by atoms with Crippen molar-refractivity contribution in [3.05, 3.63) is 92.4 Å². The Morgan fingerprint density at radius 2 is 1.86 bits per heavy atom. The number of fused-ring (bicyclic) bond motifs is 1. The molecule has 5 rings (SSSR count). The molecular weight excluding hydrogens is 548 g/mol. The third kappa shape index (κ3) is 5.56. The molecule has 0 spiro atoms. The number of hydrogen-bond donors (Lipinski definition) is 2. The van der Waals surface area contributed by atoms with Crippen LogP contribution in [0.25, 0.3) is 22.0 Å². The summed E-state index contributed by atoms with van der Waals surface area (Å²) < 4.78 is 6.61. The zero-order valence-corrected chi connectivity index (χ0v) is 21.2. The topological polar surface area (TPSA) is 93.2 Å². The van der Waals surface area contributed by atoms with Gasteiger partial charge in [-0.25, -0.2) is 9.97 Å². The maximum absolute atomic E-state index is 12.5. The number of aromatic nitrogens is 2. The van der Waals surface area contributed by atoms with E-state index >= 15 is 0 Å². The number of rotatable bonds is 7. The maximum atomic E-state index is 12.5. The first kappa shape index (κ1) is 23.2. The molecule has 0 bridgehead atoms. The molecule has 10 heteroatoms. The van der Waals surface area contributed by atoms with Crippen molar-refractivity contribution in [2.45, 2.75) is 0 Å². The van der Waals surface area contributed by atoms with Gasteiger partial charge in [0.1, 0.15) is 17.9 Å². The molecule has 0 saturated carbocycles. The maximum Gasteiger partial charge on any atom is 0.262 e. The lowest BCUT2D eigenvalue weighted by atomic mass is 10.1. The van der Waals surface area contributed by atoms with E-state index in [1.807, 2.05) is 53.9 Å². The highest BCUT2D eigenvalue weighted by Crippen LogP contribution is 2.27. The van der Waals surface area contributed by atoms with E-state index in [1.165, 1.54) is 27.0 Å². The van der Waals surface area contributed by atoms with Crippen LogP contribution in [0.3, 0.4) is 0 Å². The lowest BCUT2D eigenvalue weighted by Crippen LogP contribution is -2.20. The number of carbonyl (C=O) groups excluding carboxylic acids is 1. The predicted octanol–water partition coefficient (Wildman–Crippen LogP) is 6.30. The number of nitrogens with zero attached hydrogens (tertiary/aromatic N) is 2. The van der Waals surface area contributed by atoms with Crippen molar-refractivity contribution in [2.24, 2.45) is 0 Å². The summed E-state index contributed by atoms with van der Waals surface area (Å²) in [7, 11) is 2.62. The van der Waals surface area contributed by atoms with Crippen molar-refractivity contribution in [3.8, 4) is 16.9 Å². The largest absolute Gasteiger partial charge is 0.484 e. The standard InChI is InChI=1S/C25H17BrN4O3S2/c26-16-2-1-3-17(10-16)30-24-20-11-18(6-9-22(20)27-14-28-24)29-23(31)12-33-19-7-4-15(5-8-19)21-13-34-35-25(21)32/h1-11,13-14H,12H2,(H,29,31)(H,27,28,30). The average molecular weight is 565 g/mol. The summed E-state index contributed by atoms with van der Waals surface area (Å²) in [5.41, 5.74) is 3.74. The normalized spacial score (nSPS) is 10.8. The van der Waals surface area contributed by atoms with Gasteiger partial charge in [0.05, 0.1) is 11.1 Å². The van der Waals surface area contributed by atoms with Crippen LogP contribution in [0.2, 0.25) is 0 Å². The Hall–Kier alpha value is -3.60. The Balaban J connectivity index is 1.25. The molecule has 0 aliphatic heterocycles. The fourth-order valence-corrected chi connectivity index (χ4v) is 5.59. The van der Waals surface area contributed by atoms with Gasteiger partial charge in [-0.2, -0.15) is 0 Å². The fraction of sp³-hybridized carbons (Fsp3) is 0.0400. The number of anilines is 3. The minimum atomic E-state index is -0.298. The minimum absolute atomic E-state index is 0.0406. The molecule has 0 radical (unpaired) electrons. The van der Waals surface area contributed by atoms with Crippen LogP contribution in [0.15, 0.2) is 87.7 Å². The Labute approximate surface area is 216 Å². The van der Waals surface area contributed by atoms with Crippen LogP contribution in [0.1, 0.15) is 0 Å². The number of halogens is 1. The smallest absolute Gasteiger partial charge is 0.262 e. The van der Waals surface area contributed by atoms with Gasteiger partial charge >= 0.3 is 0 Å². The molecule has 7 nitrogen and oxygen atoms in total. The number of ether oxygens (including phenoxy) is 1. The Morgan fingerprint density at radius 3 is 2.63 bits per heavy atom. The summed E-state index contributed by atoms with van der Waals surface area (Å²) in [6.45, 7) is -0.154. The highest BCUT2D eigenvalue weighted by molar-refractivity contribution is 9.10. The highest BCUT2D eigenvalue weighted by atomic mass is 79.9. The quantitative estimate of drug-likeness (QED) is 0.225. The molecule has 0 aliphatic carbocycles. The van der Waals surface area contributed by atoms with Gasteiger partial charge in [0.2, 0.25) is 0 Å². The van der Waals surface area contributed by atoms with E-state index in [9.17, 15) is 9.59 Å². The van der Waals surface area contributed by atoms with Crippen LogP contribution in [-0.2, 0) is 4.79 Å². The van der Waals surface area contributed by atoms with Crippen LogP contribution in [-0.4, -0.2) is 22.5 Å². The molecule has 0 aliphatic rings. The first-order valence-electron chi connectivity index (χ1n) is 10.4. The summed E-state index contributed by atoms with van der Waals surface area (Å²) in [5.74, 6) is 0.879. The average Bonchev–Trinajstić information content (AvgIpc) is 3.29. The molecule has 35 heavy (non-hydrogen) atoms. The summed E-state index contributed by atoms with van der Waals surface area (Å²) in [6.07, 6.45) is 1.50. The van der Waals surface area contributed by atoms with Crippen LogP contribution in [0, 0.1) is 0 Å². The first-order chi connectivity index (χ1) is 17.0. The minimum Gasteiger partial charge on any atom is -0.484 e. The van der Waals surface area contributed by atoms with Crippen LogP contribution < -0.4 is 20.1 Å². The summed E-state index contributed by atoms with van der Waals surface area (Å²) in [5, 5.41) is 8.76. The third-order valence-corrected chi connectivity index (χ3v) is 7.38. The molecule has 3 aromatic carbocycles. The van der Waals surface area contributed by atoms with Gasteiger partial charge in [0.15, 0.2) is 6.61 Å². The lowest BCUT2D eigenvalue weighted by molar-refractivity contribution is -0.118. The zero-order chi connectivity index (χ0) is 24.2. The number of nitrogens with one attached hydrogen (secondary N) is 2. The number of amides is 1. The molecule has 2 aromatic heterocycles. The van der Waals surface area contributed by atoms with E-state index in [0.29, 0.717) is 22.8 Å². The second-order valence-corrected chi connectivity index (χ2v) is 10.4. The summed E-state index contributed by atoms with van der Waals surface area (Å²) in [4.78, 5) is 33.0. The number of hydrogen-bond acceptors (Lipinski definition) is 8.